The van der Waals surface area contributed by atoms with Crippen LogP contribution in [0.1, 0.15) is 19.0 Å². The number of hydrogen-bond donors (Lipinski definition) is 2. The van der Waals surface area contributed by atoms with Gasteiger partial charge in [-0.1, -0.05) is 19.1 Å². The number of aromatic nitrogens is 2. The van der Waals surface area contributed by atoms with Gasteiger partial charge in [0.1, 0.15) is 11.5 Å². The molecule has 2 amide bonds. The Hall–Kier alpha value is -2.90. The first kappa shape index (κ1) is 17.9. The molecule has 1 aromatic carbocycles. The summed E-state index contributed by atoms with van der Waals surface area (Å²) in [4.78, 5) is 25.3. The van der Waals surface area contributed by atoms with Crippen LogP contribution in [0.4, 0.5) is 14.9 Å². The number of halogens is 1. The van der Waals surface area contributed by atoms with Gasteiger partial charge in [-0.15, -0.1) is 0 Å². The molecule has 1 aliphatic heterocycles. The highest BCUT2D eigenvalue weighted by Crippen LogP contribution is 2.24. The molecule has 2 heterocycles. The van der Waals surface area contributed by atoms with Gasteiger partial charge in [-0.25, -0.2) is 13.9 Å². The largest absolute Gasteiger partial charge is 0.481 e. The Bertz CT molecular complexity index is 836. The fourth-order valence-corrected chi connectivity index (χ4v) is 3.29. The van der Waals surface area contributed by atoms with E-state index in [1.54, 1.807) is 25.1 Å². The summed E-state index contributed by atoms with van der Waals surface area (Å²) in [6.07, 6.45) is 2.02. The summed E-state index contributed by atoms with van der Waals surface area (Å²) in [5, 5.41) is 16.1. The van der Waals surface area contributed by atoms with Crippen molar-refractivity contribution in [2.24, 2.45) is 11.8 Å². The predicted octanol–water partition coefficient (Wildman–Crippen LogP) is 2.89. The van der Waals surface area contributed by atoms with E-state index in [1.807, 2.05) is 6.92 Å². The highest BCUT2D eigenvalue weighted by atomic mass is 19.1. The van der Waals surface area contributed by atoms with Crippen LogP contribution in [0.15, 0.2) is 30.5 Å². The summed E-state index contributed by atoms with van der Waals surface area (Å²) in [6, 6.07) is 5.87. The lowest BCUT2D eigenvalue weighted by Crippen LogP contribution is -2.47. The van der Waals surface area contributed by atoms with Gasteiger partial charge < -0.3 is 15.3 Å². The van der Waals surface area contributed by atoms with E-state index in [-0.39, 0.29) is 18.5 Å². The summed E-state index contributed by atoms with van der Waals surface area (Å²) in [7, 11) is 0. The standard InChI is InChI=1S/C18H21FN4O3/c1-11-7-13(17(24)25)10-22(9-11)18(26)21-15-8-20-23(12(15)2)16-6-4-3-5-14(16)19/h3-6,8,11,13H,7,9-10H2,1-2H3,(H,21,26)(H,24,25). The SMILES string of the molecule is Cc1c(NC(=O)N2CC(C)CC(C(=O)O)C2)cnn1-c1ccccc1F. The molecule has 2 atom stereocenters. The molecule has 1 aliphatic rings. The molecule has 0 aliphatic carbocycles. The Labute approximate surface area is 150 Å². The van der Waals surface area contributed by atoms with Gasteiger partial charge in [0.2, 0.25) is 0 Å². The molecule has 0 radical (unpaired) electrons. The average molecular weight is 360 g/mol. The van der Waals surface area contributed by atoms with Gasteiger partial charge in [0.25, 0.3) is 0 Å². The molecule has 8 heteroatoms. The summed E-state index contributed by atoms with van der Waals surface area (Å²) < 4.78 is 15.4. The minimum Gasteiger partial charge on any atom is -0.481 e. The molecular weight excluding hydrogens is 339 g/mol. The minimum absolute atomic E-state index is 0.109. The molecule has 0 bridgehead atoms. The van der Waals surface area contributed by atoms with Crippen molar-refractivity contribution in [1.29, 1.82) is 0 Å². The van der Waals surface area contributed by atoms with Crippen LogP contribution in [0.3, 0.4) is 0 Å². The number of piperidine rings is 1. The van der Waals surface area contributed by atoms with Gasteiger partial charge in [0.05, 0.1) is 23.5 Å². The zero-order chi connectivity index (χ0) is 18.8. The van der Waals surface area contributed by atoms with Crippen molar-refractivity contribution in [2.45, 2.75) is 20.3 Å². The third kappa shape index (κ3) is 3.54. The molecule has 2 aromatic rings. The van der Waals surface area contributed by atoms with E-state index < -0.39 is 17.7 Å². The van der Waals surface area contributed by atoms with E-state index in [4.69, 9.17) is 0 Å². The van der Waals surface area contributed by atoms with Crippen LogP contribution in [-0.4, -0.2) is 44.9 Å². The lowest BCUT2D eigenvalue weighted by atomic mass is 9.91. The van der Waals surface area contributed by atoms with Gasteiger partial charge in [-0.05, 0) is 31.4 Å². The molecule has 26 heavy (non-hydrogen) atoms. The maximum atomic E-state index is 14.0. The second-order valence-corrected chi connectivity index (χ2v) is 6.72. The number of likely N-dealkylation sites (tertiary alicyclic amines) is 1. The predicted molar refractivity (Wildman–Crippen MR) is 93.8 cm³/mol. The average Bonchev–Trinajstić information content (AvgIpc) is 2.95. The van der Waals surface area contributed by atoms with Crippen LogP contribution in [0, 0.1) is 24.6 Å². The van der Waals surface area contributed by atoms with Gasteiger partial charge in [-0.3, -0.25) is 4.79 Å². The number of carbonyl (C=O) groups excluding carboxylic acids is 1. The molecule has 0 spiro atoms. The fraction of sp³-hybridized carbons (Fsp3) is 0.389. The number of nitrogens with zero attached hydrogens (tertiary/aromatic N) is 3. The number of hydrogen-bond acceptors (Lipinski definition) is 3. The van der Waals surface area contributed by atoms with Crippen molar-refractivity contribution in [2.75, 3.05) is 18.4 Å². The molecular formula is C18H21FN4O3. The molecule has 1 aromatic heterocycles. The van der Waals surface area contributed by atoms with E-state index in [1.165, 1.54) is 21.8 Å². The second-order valence-electron chi connectivity index (χ2n) is 6.72. The Morgan fingerprint density at radius 2 is 2.04 bits per heavy atom. The van der Waals surface area contributed by atoms with E-state index >= 15 is 0 Å². The smallest absolute Gasteiger partial charge is 0.321 e. The van der Waals surface area contributed by atoms with Crippen LogP contribution in [-0.2, 0) is 4.79 Å². The van der Waals surface area contributed by atoms with E-state index in [2.05, 4.69) is 10.4 Å². The second kappa shape index (κ2) is 7.15. The number of carboxylic acid groups (broad SMARTS) is 1. The van der Waals surface area contributed by atoms with Crippen molar-refractivity contribution in [3.8, 4) is 5.69 Å². The maximum Gasteiger partial charge on any atom is 0.321 e. The number of carboxylic acids is 1. The number of aliphatic carboxylic acids is 1. The first-order chi connectivity index (χ1) is 12.4. The van der Waals surface area contributed by atoms with Crippen LogP contribution in [0.25, 0.3) is 5.69 Å². The number of carbonyl (C=O) groups is 2. The van der Waals surface area contributed by atoms with Crippen molar-refractivity contribution in [3.05, 3.63) is 42.0 Å². The Balaban J connectivity index is 1.76. The lowest BCUT2D eigenvalue weighted by molar-refractivity contribution is -0.143. The zero-order valence-electron chi connectivity index (χ0n) is 14.6. The summed E-state index contributed by atoms with van der Waals surface area (Å²) in [5.41, 5.74) is 1.34. The van der Waals surface area contributed by atoms with Crippen molar-refractivity contribution < 1.29 is 19.1 Å². The third-order valence-electron chi connectivity index (χ3n) is 4.63. The van der Waals surface area contributed by atoms with E-state index in [0.717, 1.165) is 0 Å². The zero-order valence-corrected chi connectivity index (χ0v) is 14.6. The summed E-state index contributed by atoms with van der Waals surface area (Å²) in [6.45, 7) is 4.33. The van der Waals surface area contributed by atoms with E-state index in [9.17, 15) is 19.1 Å². The highest BCUT2D eigenvalue weighted by molar-refractivity contribution is 5.90. The third-order valence-corrected chi connectivity index (χ3v) is 4.63. The normalized spacial score (nSPS) is 20.0. The first-order valence-electron chi connectivity index (χ1n) is 8.45. The summed E-state index contributed by atoms with van der Waals surface area (Å²) >= 11 is 0. The number of nitrogens with one attached hydrogen (secondary N) is 1. The molecule has 1 fully saturated rings. The number of benzene rings is 1. The number of rotatable bonds is 3. The molecule has 138 valence electrons. The van der Waals surface area contributed by atoms with Crippen LogP contribution >= 0.6 is 0 Å². The van der Waals surface area contributed by atoms with Gasteiger partial charge >= 0.3 is 12.0 Å². The van der Waals surface area contributed by atoms with Gasteiger partial charge in [-0.2, -0.15) is 5.10 Å². The van der Waals surface area contributed by atoms with Gasteiger partial charge in [0, 0.05) is 13.1 Å². The molecule has 7 nitrogen and oxygen atoms in total. The molecule has 0 saturated carbocycles. The topological polar surface area (TPSA) is 87.5 Å². The number of para-hydroxylation sites is 1. The Morgan fingerprint density at radius 3 is 2.73 bits per heavy atom. The monoisotopic (exact) mass is 360 g/mol. The fourth-order valence-electron chi connectivity index (χ4n) is 3.29. The highest BCUT2D eigenvalue weighted by Gasteiger charge is 2.32. The van der Waals surface area contributed by atoms with Crippen molar-refractivity contribution >= 4 is 17.7 Å². The van der Waals surface area contributed by atoms with Crippen molar-refractivity contribution in [3.63, 3.8) is 0 Å². The van der Waals surface area contributed by atoms with Crippen molar-refractivity contribution in [1.82, 2.24) is 14.7 Å². The van der Waals surface area contributed by atoms with Crippen LogP contribution in [0.5, 0.6) is 0 Å². The maximum absolute atomic E-state index is 14.0. The van der Waals surface area contributed by atoms with Crippen LogP contribution < -0.4 is 5.32 Å². The Kier molecular flexibility index (Phi) is 4.92. The number of urea groups is 1. The Morgan fingerprint density at radius 1 is 1.31 bits per heavy atom. The molecule has 1 saturated heterocycles. The van der Waals surface area contributed by atoms with E-state index in [0.29, 0.717) is 30.0 Å². The lowest BCUT2D eigenvalue weighted by Gasteiger charge is -2.34. The quantitative estimate of drug-likeness (QED) is 0.881. The summed E-state index contributed by atoms with van der Waals surface area (Å²) in [5.74, 6) is -1.76. The first-order valence-corrected chi connectivity index (χ1v) is 8.45. The number of amides is 2. The number of anilines is 1. The molecule has 2 unspecified atom stereocenters. The minimum atomic E-state index is -0.891. The molecule has 3 rings (SSSR count). The van der Waals surface area contributed by atoms with Crippen LogP contribution in [0.2, 0.25) is 0 Å². The molecule has 2 N–H and O–H groups in total. The van der Waals surface area contributed by atoms with Gasteiger partial charge in [0.15, 0.2) is 0 Å².